The quantitative estimate of drug-likeness (QED) is 0.886. The van der Waals surface area contributed by atoms with Crippen molar-refractivity contribution in [3.05, 3.63) is 29.8 Å². The van der Waals surface area contributed by atoms with Crippen LogP contribution in [0.15, 0.2) is 29.2 Å². The fourth-order valence-corrected chi connectivity index (χ4v) is 3.62. The van der Waals surface area contributed by atoms with Gasteiger partial charge in [-0.15, -0.1) is 0 Å². The van der Waals surface area contributed by atoms with Crippen LogP contribution in [0.2, 0.25) is 0 Å². The number of sulfonamides is 1. The molecule has 0 spiro atoms. The lowest BCUT2D eigenvalue weighted by Gasteiger charge is -2.13. The summed E-state index contributed by atoms with van der Waals surface area (Å²) in [6.07, 6.45) is 0.410. The van der Waals surface area contributed by atoms with E-state index in [1.54, 1.807) is 43.1 Å². The van der Waals surface area contributed by atoms with Gasteiger partial charge in [-0.3, -0.25) is 4.79 Å². The first-order chi connectivity index (χ1) is 8.90. The van der Waals surface area contributed by atoms with Crippen molar-refractivity contribution in [2.24, 2.45) is 5.92 Å². The smallest absolute Gasteiger partial charge is 0.240 e. The molecule has 0 aliphatic carbocycles. The van der Waals surface area contributed by atoms with E-state index < -0.39 is 10.0 Å². The SMILES string of the molecule is Cc1ccccc1S(=O)(=O)NCC1CC(=O)N(C)C1. The zero-order valence-corrected chi connectivity index (χ0v) is 11.9. The molecule has 1 amide bonds. The Morgan fingerprint density at radius 1 is 1.37 bits per heavy atom. The highest BCUT2D eigenvalue weighted by Crippen LogP contribution is 2.17. The Morgan fingerprint density at radius 3 is 2.63 bits per heavy atom. The third-order valence-electron chi connectivity index (χ3n) is 3.37. The van der Waals surface area contributed by atoms with Crippen molar-refractivity contribution in [3.63, 3.8) is 0 Å². The predicted molar refractivity (Wildman–Crippen MR) is 72.1 cm³/mol. The van der Waals surface area contributed by atoms with Crippen molar-refractivity contribution >= 4 is 15.9 Å². The Balaban J connectivity index is 2.03. The summed E-state index contributed by atoms with van der Waals surface area (Å²) in [6.45, 7) is 2.67. The van der Waals surface area contributed by atoms with Gasteiger partial charge in [0.05, 0.1) is 4.90 Å². The first-order valence-electron chi connectivity index (χ1n) is 6.19. The van der Waals surface area contributed by atoms with Crippen molar-refractivity contribution in [1.29, 1.82) is 0 Å². The minimum atomic E-state index is -3.49. The maximum absolute atomic E-state index is 12.2. The van der Waals surface area contributed by atoms with Gasteiger partial charge in [0, 0.05) is 26.6 Å². The van der Waals surface area contributed by atoms with E-state index in [1.165, 1.54) is 0 Å². The highest BCUT2D eigenvalue weighted by Gasteiger charge is 2.28. The van der Waals surface area contributed by atoms with Crippen molar-refractivity contribution in [2.45, 2.75) is 18.2 Å². The Bertz CT molecular complexity index is 583. The molecule has 1 atom stereocenters. The van der Waals surface area contributed by atoms with Gasteiger partial charge in [0.15, 0.2) is 0 Å². The van der Waals surface area contributed by atoms with Crippen molar-refractivity contribution < 1.29 is 13.2 Å². The van der Waals surface area contributed by atoms with Crippen LogP contribution >= 0.6 is 0 Å². The van der Waals surface area contributed by atoms with Gasteiger partial charge >= 0.3 is 0 Å². The Labute approximate surface area is 113 Å². The molecule has 1 unspecified atom stereocenters. The Morgan fingerprint density at radius 2 is 2.05 bits per heavy atom. The van der Waals surface area contributed by atoms with Gasteiger partial charge in [0.1, 0.15) is 0 Å². The van der Waals surface area contributed by atoms with Crippen molar-refractivity contribution in [3.8, 4) is 0 Å². The standard InChI is InChI=1S/C13H18N2O3S/c1-10-5-3-4-6-12(10)19(17,18)14-8-11-7-13(16)15(2)9-11/h3-6,11,14H,7-9H2,1-2H3. The van der Waals surface area contributed by atoms with Crippen LogP contribution in [0.5, 0.6) is 0 Å². The molecule has 5 nitrogen and oxygen atoms in total. The monoisotopic (exact) mass is 282 g/mol. The van der Waals surface area contributed by atoms with Crippen molar-refractivity contribution in [2.75, 3.05) is 20.1 Å². The molecule has 1 saturated heterocycles. The number of likely N-dealkylation sites (tertiary alicyclic amines) is 1. The van der Waals surface area contributed by atoms with Crippen LogP contribution in [0.1, 0.15) is 12.0 Å². The highest BCUT2D eigenvalue weighted by molar-refractivity contribution is 7.89. The summed E-state index contributed by atoms with van der Waals surface area (Å²) in [7, 11) is -1.76. The summed E-state index contributed by atoms with van der Waals surface area (Å²) in [5.74, 6) is 0.122. The molecular formula is C13H18N2O3S. The number of carbonyl (C=O) groups is 1. The van der Waals surface area contributed by atoms with Gasteiger partial charge in [-0.05, 0) is 24.5 Å². The van der Waals surface area contributed by atoms with E-state index in [1.807, 2.05) is 0 Å². The van der Waals surface area contributed by atoms with Gasteiger partial charge in [0.25, 0.3) is 0 Å². The third-order valence-corrected chi connectivity index (χ3v) is 4.95. The van der Waals surface area contributed by atoms with E-state index >= 15 is 0 Å². The Hall–Kier alpha value is -1.40. The van der Waals surface area contributed by atoms with E-state index in [0.717, 1.165) is 5.56 Å². The zero-order valence-electron chi connectivity index (χ0n) is 11.1. The largest absolute Gasteiger partial charge is 0.345 e. The topological polar surface area (TPSA) is 66.5 Å². The molecule has 0 radical (unpaired) electrons. The first kappa shape index (κ1) is 14.0. The minimum absolute atomic E-state index is 0.0521. The van der Waals surface area contributed by atoms with E-state index in [4.69, 9.17) is 0 Å². The van der Waals surface area contributed by atoms with Crippen LogP contribution in [0.3, 0.4) is 0 Å². The van der Waals surface area contributed by atoms with Gasteiger partial charge in [-0.25, -0.2) is 13.1 Å². The Kier molecular flexibility index (Phi) is 3.91. The van der Waals surface area contributed by atoms with Crippen LogP contribution < -0.4 is 4.72 Å². The number of amides is 1. The number of rotatable bonds is 4. The highest BCUT2D eigenvalue weighted by atomic mass is 32.2. The van der Waals surface area contributed by atoms with Gasteiger partial charge < -0.3 is 4.90 Å². The van der Waals surface area contributed by atoms with E-state index in [2.05, 4.69) is 4.72 Å². The first-order valence-corrected chi connectivity index (χ1v) is 7.68. The molecule has 1 N–H and O–H groups in total. The normalized spacial score (nSPS) is 20.0. The maximum atomic E-state index is 12.2. The number of nitrogens with one attached hydrogen (secondary N) is 1. The lowest BCUT2D eigenvalue weighted by atomic mass is 10.1. The van der Waals surface area contributed by atoms with Gasteiger partial charge in [0.2, 0.25) is 15.9 Å². The van der Waals surface area contributed by atoms with E-state index in [-0.39, 0.29) is 11.8 Å². The summed E-state index contributed by atoms with van der Waals surface area (Å²) in [5, 5.41) is 0. The lowest BCUT2D eigenvalue weighted by Crippen LogP contribution is -2.31. The van der Waals surface area contributed by atoms with Crippen LogP contribution in [0.4, 0.5) is 0 Å². The molecule has 19 heavy (non-hydrogen) atoms. The molecule has 1 aliphatic heterocycles. The molecule has 0 saturated carbocycles. The minimum Gasteiger partial charge on any atom is -0.345 e. The fourth-order valence-electron chi connectivity index (χ4n) is 2.26. The fraction of sp³-hybridized carbons (Fsp3) is 0.462. The lowest BCUT2D eigenvalue weighted by molar-refractivity contribution is -0.126. The van der Waals surface area contributed by atoms with Crippen LogP contribution in [-0.4, -0.2) is 39.4 Å². The van der Waals surface area contributed by atoms with E-state index in [9.17, 15) is 13.2 Å². The zero-order chi connectivity index (χ0) is 14.0. The summed E-state index contributed by atoms with van der Waals surface area (Å²) in [4.78, 5) is 13.3. The second kappa shape index (κ2) is 5.30. The summed E-state index contributed by atoms with van der Waals surface area (Å²) in [5.41, 5.74) is 0.717. The van der Waals surface area contributed by atoms with Crippen molar-refractivity contribution in [1.82, 2.24) is 9.62 Å². The number of benzene rings is 1. The summed E-state index contributed by atoms with van der Waals surface area (Å²) < 4.78 is 26.9. The van der Waals surface area contributed by atoms with Gasteiger partial charge in [-0.2, -0.15) is 0 Å². The van der Waals surface area contributed by atoms with Gasteiger partial charge in [-0.1, -0.05) is 18.2 Å². The number of aryl methyl sites for hydroxylation is 1. The van der Waals surface area contributed by atoms with E-state index in [0.29, 0.717) is 24.4 Å². The molecule has 1 aromatic carbocycles. The second-order valence-electron chi connectivity index (χ2n) is 4.96. The molecule has 104 valence electrons. The molecule has 2 rings (SSSR count). The molecule has 1 heterocycles. The number of carbonyl (C=O) groups excluding carboxylic acids is 1. The van der Waals surface area contributed by atoms with Crippen LogP contribution in [0.25, 0.3) is 0 Å². The molecule has 0 aromatic heterocycles. The molecule has 1 aromatic rings. The number of hydrogen-bond donors (Lipinski definition) is 1. The van der Waals surface area contributed by atoms with Crippen LogP contribution in [0, 0.1) is 12.8 Å². The molecular weight excluding hydrogens is 264 g/mol. The maximum Gasteiger partial charge on any atom is 0.240 e. The summed E-state index contributed by atoms with van der Waals surface area (Å²) >= 11 is 0. The number of nitrogens with zero attached hydrogens (tertiary/aromatic N) is 1. The summed E-state index contributed by atoms with van der Waals surface area (Å²) in [6, 6.07) is 6.86. The molecule has 1 aliphatic rings. The molecule has 6 heteroatoms. The average molecular weight is 282 g/mol. The predicted octanol–water partition coefficient (Wildman–Crippen LogP) is 0.752. The molecule has 0 bridgehead atoms. The third kappa shape index (κ3) is 3.13. The molecule has 1 fully saturated rings. The number of hydrogen-bond acceptors (Lipinski definition) is 3. The van der Waals surface area contributed by atoms with Crippen LogP contribution in [-0.2, 0) is 14.8 Å². The average Bonchev–Trinajstić information content (AvgIpc) is 2.67. The second-order valence-corrected chi connectivity index (χ2v) is 6.70.